The Morgan fingerprint density at radius 2 is 2.24 bits per heavy atom. The van der Waals surface area contributed by atoms with Crippen LogP contribution in [-0.2, 0) is 15.1 Å². The van der Waals surface area contributed by atoms with Gasteiger partial charge in [0, 0.05) is 35.2 Å². The summed E-state index contributed by atoms with van der Waals surface area (Å²) in [4.78, 5) is 23.3. The first-order valence-electron chi connectivity index (χ1n) is 8.10. The van der Waals surface area contributed by atoms with Crippen molar-refractivity contribution in [3.8, 4) is 0 Å². The SMILES string of the molecule is C[C@]1(c2cc(Br)cnc2F)N=C(N)S[C@@]2(C(=O)N3CCOCC3)CC21. The van der Waals surface area contributed by atoms with Crippen LogP contribution in [0.25, 0.3) is 0 Å². The highest BCUT2D eigenvalue weighted by molar-refractivity contribution is 9.10. The van der Waals surface area contributed by atoms with Crippen molar-refractivity contribution in [2.24, 2.45) is 16.6 Å². The number of rotatable bonds is 2. The number of aliphatic imine (C=N–C) groups is 1. The van der Waals surface area contributed by atoms with E-state index in [2.05, 4.69) is 25.9 Å². The van der Waals surface area contributed by atoms with E-state index in [0.29, 0.717) is 47.9 Å². The molecule has 3 heterocycles. The molecule has 1 aliphatic carbocycles. The van der Waals surface area contributed by atoms with Gasteiger partial charge in [-0.3, -0.25) is 9.79 Å². The number of nitrogens with zero attached hydrogens (tertiary/aromatic N) is 3. The highest BCUT2D eigenvalue weighted by Gasteiger charge is 2.71. The molecule has 2 fully saturated rings. The van der Waals surface area contributed by atoms with Crippen molar-refractivity contribution >= 4 is 38.8 Å². The number of pyridine rings is 1. The second kappa shape index (κ2) is 5.92. The first-order valence-corrected chi connectivity index (χ1v) is 9.71. The molecule has 1 saturated carbocycles. The number of carbonyl (C=O) groups is 1. The molecule has 0 aromatic carbocycles. The summed E-state index contributed by atoms with van der Waals surface area (Å²) in [5.41, 5.74) is 5.53. The van der Waals surface area contributed by atoms with Gasteiger partial charge in [-0.25, -0.2) is 4.98 Å². The number of amides is 1. The minimum Gasteiger partial charge on any atom is -0.378 e. The number of carbonyl (C=O) groups excluding carboxylic acids is 1. The van der Waals surface area contributed by atoms with Crippen LogP contribution in [-0.4, -0.2) is 52.0 Å². The fourth-order valence-corrected chi connectivity index (χ4v) is 5.64. The minimum atomic E-state index is -0.905. The van der Waals surface area contributed by atoms with Crippen molar-refractivity contribution in [2.75, 3.05) is 26.3 Å². The molecular formula is C16H18BrFN4O2S. The van der Waals surface area contributed by atoms with Gasteiger partial charge >= 0.3 is 0 Å². The summed E-state index contributed by atoms with van der Waals surface area (Å²) in [6.07, 6.45) is 2.03. The van der Waals surface area contributed by atoms with E-state index >= 15 is 0 Å². The molecule has 1 amide bonds. The summed E-state index contributed by atoms with van der Waals surface area (Å²) in [5, 5.41) is 0.317. The molecule has 1 aromatic heterocycles. The molecule has 9 heteroatoms. The Labute approximate surface area is 157 Å². The van der Waals surface area contributed by atoms with Crippen LogP contribution < -0.4 is 5.73 Å². The molecule has 25 heavy (non-hydrogen) atoms. The molecule has 1 saturated heterocycles. The molecule has 2 aliphatic heterocycles. The van der Waals surface area contributed by atoms with Crippen molar-refractivity contribution in [3.63, 3.8) is 0 Å². The maximum atomic E-state index is 14.4. The van der Waals surface area contributed by atoms with E-state index in [1.165, 1.54) is 18.0 Å². The Hall–Kier alpha value is -1.19. The lowest BCUT2D eigenvalue weighted by Crippen LogP contribution is -2.49. The van der Waals surface area contributed by atoms with Crippen LogP contribution in [0, 0.1) is 11.9 Å². The normalized spacial score (nSPS) is 34.3. The molecule has 0 spiro atoms. The number of morpholine rings is 1. The molecule has 3 atom stereocenters. The average Bonchev–Trinajstić information content (AvgIpc) is 3.33. The standard InChI is InChI=1S/C16H18BrFN4O2S/c1-15(10-6-9(17)8-20-12(10)18)11-7-16(11,25-14(19)21-15)13(23)22-2-4-24-5-3-22/h6,8,11H,2-5,7H2,1H3,(H2,19,21)/t11?,15-,16+/m1/s1. The predicted molar refractivity (Wildman–Crippen MR) is 96.7 cm³/mol. The van der Waals surface area contributed by atoms with Gasteiger partial charge in [0.15, 0.2) is 5.17 Å². The number of amidine groups is 1. The maximum absolute atomic E-state index is 14.4. The lowest BCUT2D eigenvalue weighted by atomic mass is 9.86. The van der Waals surface area contributed by atoms with Crippen LogP contribution in [0.2, 0.25) is 0 Å². The third-order valence-corrected chi connectivity index (χ3v) is 6.95. The Balaban J connectivity index is 1.71. The number of thioether (sulfide) groups is 1. The largest absolute Gasteiger partial charge is 0.378 e. The van der Waals surface area contributed by atoms with Gasteiger partial charge in [-0.05, 0) is 35.3 Å². The van der Waals surface area contributed by atoms with Gasteiger partial charge in [0.2, 0.25) is 11.9 Å². The zero-order valence-corrected chi connectivity index (χ0v) is 16.1. The summed E-state index contributed by atoms with van der Waals surface area (Å²) in [7, 11) is 0. The minimum absolute atomic E-state index is 0.0539. The first-order chi connectivity index (χ1) is 11.9. The molecule has 0 bridgehead atoms. The molecule has 1 aromatic rings. The van der Waals surface area contributed by atoms with E-state index in [9.17, 15) is 9.18 Å². The summed E-state index contributed by atoms with van der Waals surface area (Å²) in [5.74, 6) is -0.634. The van der Waals surface area contributed by atoms with Crippen LogP contribution in [0.1, 0.15) is 18.9 Å². The number of hydrogen-bond donors (Lipinski definition) is 1. The molecule has 2 N–H and O–H groups in total. The number of aromatic nitrogens is 1. The van der Waals surface area contributed by atoms with Crippen LogP contribution >= 0.6 is 27.7 Å². The van der Waals surface area contributed by atoms with Crippen molar-refractivity contribution in [3.05, 3.63) is 28.2 Å². The smallest absolute Gasteiger partial charge is 0.239 e. The van der Waals surface area contributed by atoms with Gasteiger partial charge in [-0.2, -0.15) is 4.39 Å². The molecule has 6 nitrogen and oxygen atoms in total. The molecule has 3 aliphatic rings. The lowest BCUT2D eigenvalue weighted by molar-refractivity contribution is -0.135. The quantitative estimate of drug-likeness (QED) is 0.727. The van der Waals surface area contributed by atoms with Gasteiger partial charge in [0.25, 0.3) is 0 Å². The number of halogens is 2. The summed E-state index contributed by atoms with van der Waals surface area (Å²) in [6, 6.07) is 1.68. The molecule has 1 unspecified atom stereocenters. The van der Waals surface area contributed by atoms with Gasteiger partial charge in [-0.15, -0.1) is 0 Å². The molecule has 134 valence electrons. The molecular weight excluding hydrogens is 411 g/mol. The van der Waals surface area contributed by atoms with E-state index in [1.807, 2.05) is 11.8 Å². The van der Waals surface area contributed by atoms with Gasteiger partial charge in [-0.1, -0.05) is 11.8 Å². The van der Waals surface area contributed by atoms with Crippen molar-refractivity contribution in [1.29, 1.82) is 0 Å². The van der Waals surface area contributed by atoms with E-state index in [-0.39, 0.29) is 11.8 Å². The topological polar surface area (TPSA) is 80.8 Å². The lowest BCUT2D eigenvalue weighted by Gasteiger charge is -2.36. The fraction of sp³-hybridized carbons (Fsp3) is 0.562. The van der Waals surface area contributed by atoms with Crippen molar-refractivity contribution in [1.82, 2.24) is 9.88 Å². The highest BCUT2D eigenvalue weighted by Crippen LogP contribution is 2.66. The van der Waals surface area contributed by atoms with E-state index < -0.39 is 16.2 Å². The van der Waals surface area contributed by atoms with Crippen molar-refractivity contribution in [2.45, 2.75) is 23.6 Å². The van der Waals surface area contributed by atoms with E-state index in [4.69, 9.17) is 10.5 Å². The van der Waals surface area contributed by atoms with Crippen LogP contribution in [0.15, 0.2) is 21.7 Å². The highest BCUT2D eigenvalue weighted by atomic mass is 79.9. The number of fused-ring (bicyclic) bond motifs is 1. The zero-order valence-electron chi connectivity index (χ0n) is 13.7. The summed E-state index contributed by atoms with van der Waals surface area (Å²) < 4.78 is 19.8. The average molecular weight is 429 g/mol. The van der Waals surface area contributed by atoms with Gasteiger partial charge in [0.1, 0.15) is 4.75 Å². The zero-order chi connectivity index (χ0) is 17.8. The molecule has 0 radical (unpaired) electrons. The van der Waals surface area contributed by atoms with E-state index in [0.717, 1.165) is 0 Å². The van der Waals surface area contributed by atoms with Gasteiger partial charge < -0.3 is 15.4 Å². The monoisotopic (exact) mass is 428 g/mol. The maximum Gasteiger partial charge on any atom is 0.239 e. The van der Waals surface area contributed by atoms with Crippen LogP contribution in [0.5, 0.6) is 0 Å². The second-order valence-electron chi connectivity index (χ2n) is 6.74. The predicted octanol–water partition coefficient (Wildman–Crippen LogP) is 1.88. The Bertz CT molecular complexity index is 773. The van der Waals surface area contributed by atoms with Gasteiger partial charge in [0.05, 0.1) is 18.8 Å². The number of hydrogen-bond acceptors (Lipinski definition) is 6. The third-order valence-electron chi connectivity index (χ3n) is 5.23. The van der Waals surface area contributed by atoms with E-state index in [1.54, 1.807) is 6.07 Å². The summed E-state index contributed by atoms with van der Waals surface area (Å²) >= 11 is 4.65. The second-order valence-corrected chi connectivity index (χ2v) is 9.01. The fourth-order valence-electron chi connectivity index (χ4n) is 3.87. The number of ether oxygens (including phenoxy) is 1. The Kier molecular flexibility index (Phi) is 4.08. The van der Waals surface area contributed by atoms with Crippen molar-refractivity contribution < 1.29 is 13.9 Å². The third kappa shape index (κ3) is 2.67. The van der Waals surface area contributed by atoms with Crippen LogP contribution in [0.3, 0.4) is 0 Å². The first kappa shape index (κ1) is 17.2. The number of nitrogens with two attached hydrogens (primary N) is 1. The Morgan fingerprint density at radius 1 is 1.52 bits per heavy atom. The molecule has 4 rings (SSSR count). The van der Waals surface area contributed by atoms with Crippen LogP contribution in [0.4, 0.5) is 4.39 Å². The Morgan fingerprint density at radius 3 is 2.96 bits per heavy atom. The summed E-state index contributed by atoms with van der Waals surface area (Å²) in [6.45, 7) is 4.08.